The van der Waals surface area contributed by atoms with E-state index in [1.54, 1.807) is 14.0 Å². The molecule has 0 spiro atoms. The number of fused-ring (bicyclic) bond motifs is 1. The first-order valence-corrected chi connectivity index (χ1v) is 6.39. The van der Waals surface area contributed by atoms with Crippen molar-refractivity contribution in [2.75, 3.05) is 7.11 Å². The second kappa shape index (κ2) is 5.13. The molecular formula is C16H18O4. The van der Waals surface area contributed by atoms with Crippen LogP contribution in [-0.4, -0.2) is 28.9 Å². The van der Waals surface area contributed by atoms with Crippen molar-refractivity contribution in [3.05, 3.63) is 42.0 Å². The second-order valence-corrected chi connectivity index (χ2v) is 5.15. The summed E-state index contributed by atoms with van der Waals surface area (Å²) in [4.78, 5) is 11.1. The summed E-state index contributed by atoms with van der Waals surface area (Å²) >= 11 is 0. The fourth-order valence-electron chi connectivity index (χ4n) is 2.15. The average molecular weight is 274 g/mol. The summed E-state index contributed by atoms with van der Waals surface area (Å²) in [5, 5.41) is 21.1. The quantitative estimate of drug-likeness (QED) is 0.899. The molecule has 0 heterocycles. The van der Waals surface area contributed by atoms with Crippen LogP contribution in [-0.2, 0) is 4.79 Å². The summed E-state index contributed by atoms with van der Waals surface area (Å²) in [5.74, 6) is -0.956. The molecule has 0 amide bonds. The molecule has 0 aromatic heterocycles. The molecule has 0 aliphatic heterocycles. The number of methoxy groups -OCH3 is 1. The maximum Gasteiger partial charge on any atom is 0.336 e. The monoisotopic (exact) mass is 274 g/mol. The van der Waals surface area contributed by atoms with Crippen molar-refractivity contribution in [3.8, 4) is 5.75 Å². The van der Waals surface area contributed by atoms with E-state index in [1.165, 1.54) is 6.92 Å². The number of hydrogen-bond acceptors (Lipinski definition) is 3. The van der Waals surface area contributed by atoms with Gasteiger partial charge in [-0.05, 0) is 35.4 Å². The first kappa shape index (κ1) is 14.3. The van der Waals surface area contributed by atoms with Gasteiger partial charge in [-0.1, -0.05) is 31.2 Å². The van der Waals surface area contributed by atoms with Gasteiger partial charge in [0.2, 0.25) is 0 Å². The molecule has 2 aromatic rings. The SMILES string of the molecule is COc1ccc2cc(C(C)C(C)(O)C(=O)O)ccc2c1. The number of hydrogen-bond donors (Lipinski definition) is 2. The van der Waals surface area contributed by atoms with Crippen LogP contribution in [0.3, 0.4) is 0 Å². The number of carbonyl (C=O) groups is 1. The van der Waals surface area contributed by atoms with Crippen molar-refractivity contribution in [1.29, 1.82) is 0 Å². The van der Waals surface area contributed by atoms with E-state index >= 15 is 0 Å². The Morgan fingerprint density at radius 2 is 1.80 bits per heavy atom. The normalized spacial score (nSPS) is 15.6. The van der Waals surface area contributed by atoms with Crippen molar-refractivity contribution >= 4 is 16.7 Å². The number of carboxylic acid groups (broad SMARTS) is 1. The number of aliphatic hydroxyl groups is 1. The number of aliphatic carboxylic acids is 1. The highest BCUT2D eigenvalue weighted by Crippen LogP contribution is 2.31. The van der Waals surface area contributed by atoms with E-state index < -0.39 is 17.5 Å². The fourth-order valence-corrected chi connectivity index (χ4v) is 2.15. The topological polar surface area (TPSA) is 66.8 Å². The summed E-state index contributed by atoms with van der Waals surface area (Å²) in [6.45, 7) is 3.02. The molecule has 0 aliphatic carbocycles. The van der Waals surface area contributed by atoms with Gasteiger partial charge >= 0.3 is 5.97 Å². The highest BCUT2D eigenvalue weighted by Gasteiger charge is 2.37. The van der Waals surface area contributed by atoms with Gasteiger partial charge in [0.05, 0.1) is 7.11 Å². The van der Waals surface area contributed by atoms with E-state index in [1.807, 2.05) is 36.4 Å². The minimum absolute atomic E-state index is 0.508. The van der Waals surface area contributed by atoms with E-state index in [0.717, 1.165) is 22.1 Å². The van der Waals surface area contributed by atoms with E-state index in [0.29, 0.717) is 0 Å². The third kappa shape index (κ3) is 2.47. The molecule has 0 bridgehead atoms. The van der Waals surface area contributed by atoms with Gasteiger partial charge in [-0.2, -0.15) is 0 Å². The maximum atomic E-state index is 11.1. The second-order valence-electron chi connectivity index (χ2n) is 5.15. The largest absolute Gasteiger partial charge is 0.497 e. The van der Waals surface area contributed by atoms with Crippen molar-refractivity contribution in [2.24, 2.45) is 0 Å². The molecule has 4 heteroatoms. The molecule has 0 aliphatic rings. The van der Waals surface area contributed by atoms with Crippen molar-refractivity contribution in [2.45, 2.75) is 25.4 Å². The van der Waals surface area contributed by atoms with Gasteiger partial charge in [0, 0.05) is 5.92 Å². The van der Waals surface area contributed by atoms with Gasteiger partial charge in [0.1, 0.15) is 5.75 Å². The number of ether oxygens (including phenoxy) is 1. The lowest BCUT2D eigenvalue weighted by atomic mass is 9.84. The van der Waals surface area contributed by atoms with E-state index in [2.05, 4.69) is 0 Å². The van der Waals surface area contributed by atoms with Crippen LogP contribution in [0.1, 0.15) is 25.3 Å². The average Bonchev–Trinajstić information content (AvgIpc) is 2.45. The van der Waals surface area contributed by atoms with E-state index in [9.17, 15) is 9.90 Å². The van der Waals surface area contributed by atoms with Crippen LogP contribution in [0.2, 0.25) is 0 Å². The molecule has 2 unspecified atom stereocenters. The Hall–Kier alpha value is -2.07. The molecule has 0 radical (unpaired) electrons. The van der Waals surface area contributed by atoms with Crippen LogP contribution in [0.4, 0.5) is 0 Å². The Labute approximate surface area is 117 Å². The highest BCUT2D eigenvalue weighted by molar-refractivity contribution is 5.85. The number of rotatable bonds is 4. The van der Waals surface area contributed by atoms with Gasteiger partial charge in [-0.3, -0.25) is 0 Å². The van der Waals surface area contributed by atoms with Crippen molar-refractivity contribution in [1.82, 2.24) is 0 Å². The van der Waals surface area contributed by atoms with Gasteiger partial charge < -0.3 is 14.9 Å². The third-order valence-electron chi connectivity index (χ3n) is 3.85. The molecule has 0 saturated carbocycles. The zero-order valence-corrected chi connectivity index (χ0v) is 11.8. The van der Waals surface area contributed by atoms with Crippen LogP contribution in [0.25, 0.3) is 10.8 Å². The Kier molecular flexibility index (Phi) is 3.68. The van der Waals surface area contributed by atoms with Crippen LogP contribution >= 0.6 is 0 Å². The predicted molar refractivity (Wildman–Crippen MR) is 77.2 cm³/mol. The Morgan fingerprint density at radius 3 is 2.40 bits per heavy atom. The summed E-state index contributed by atoms with van der Waals surface area (Å²) in [5.41, 5.74) is -1.00. The zero-order chi connectivity index (χ0) is 14.9. The Balaban J connectivity index is 2.44. The predicted octanol–water partition coefficient (Wildman–Crippen LogP) is 2.79. The van der Waals surface area contributed by atoms with Gasteiger partial charge in [0.25, 0.3) is 0 Å². The van der Waals surface area contributed by atoms with Crippen molar-refractivity contribution in [3.63, 3.8) is 0 Å². The first-order valence-electron chi connectivity index (χ1n) is 6.39. The lowest BCUT2D eigenvalue weighted by Gasteiger charge is -2.26. The summed E-state index contributed by atoms with van der Waals surface area (Å²) in [6.07, 6.45) is 0. The molecular weight excluding hydrogens is 256 g/mol. The lowest BCUT2D eigenvalue weighted by molar-refractivity contribution is -0.158. The summed E-state index contributed by atoms with van der Waals surface area (Å²) in [6, 6.07) is 11.3. The fraction of sp³-hybridized carbons (Fsp3) is 0.312. The molecule has 4 nitrogen and oxygen atoms in total. The molecule has 20 heavy (non-hydrogen) atoms. The third-order valence-corrected chi connectivity index (χ3v) is 3.85. The van der Waals surface area contributed by atoms with Crippen LogP contribution in [0.15, 0.2) is 36.4 Å². The lowest BCUT2D eigenvalue weighted by Crippen LogP contribution is -2.40. The summed E-state index contributed by atoms with van der Waals surface area (Å²) < 4.78 is 5.17. The maximum absolute atomic E-state index is 11.1. The Bertz CT molecular complexity index is 646. The summed E-state index contributed by atoms with van der Waals surface area (Å²) in [7, 11) is 1.61. The van der Waals surface area contributed by atoms with Crippen molar-refractivity contribution < 1.29 is 19.7 Å². The smallest absolute Gasteiger partial charge is 0.336 e. The van der Waals surface area contributed by atoms with Gasteiger partial charge in [-0.25, -0.2) is 4.79 Å². The van der Waals surface area contributed by atoms with E-state index in [-0.39, 0.29) is 0 Å². The molecule has 2 atom stereocenters. The van der Waals surface area contributed by atoms with E-state index in [4.69, 9.17) is 9.84 Å². The van der Waals surface area contributed by atoms with Crippen LogP contribution < -0.4 is 4.74 Å². The van der Waals surface area contributed by atoms with Crippen LogP contribution in [0, 0.1) is 0 Å². The molecule has 2 aromatic carbocycles. The number of benzene rings is 2. The van der Waals surface area contributed by atoms with Gasteiger partial charge in [0.15, 0.2) is 5.60 Å². The standard InChI is InChI=1S/C16H18O4/c1-10(16(2,19)15(17)18)11-4-5-13-9-14(20-3)7-6-12(13)8-11/h4-10,19H,1-3H3,(H,17,18). The molecule has 2 N–H and O–H groups in total. The minimum Gasteiger partial charge on any atom is -0.497 e. The number of carboxylic acids is 1. The minimum atomic E-state index is -1.79. The highest BCUT2D eigenvalue weighted by atomic mass is 16.5. The van der Waals surface area contributed by atoms with Crippen LogP contribution in [0.5, 0.6) is 5.75 Å². The van der Waals surface area contributed by atoms with Gasteiger partial charge in [-0.15, -0.1) is 0 Å². The zero-order valence-electron chi connectivity index (χ0n) is 11.8. The first-order chi connectivity index (χ1) is 9.36. The molecule has 2 rings (SSSR count). The molecule has 0 fully saturated rings. The molecule has 106 valence electrons. The molecule has 0 saturated heterocycles. The Morgan fingerprint density at radius 1 is 1.20 bits per heavy atom.